The van der Waals surface area contributed by atoms with Crippen molar-refractivity contribution in [2.45, 2.75) is 25.7 Å². The lowest BCUT2D eigenvalue weighted by Gasteiger charge is -2.21. The van der Waals surface area contributed by atoms with Crippen LogP contribution in [0.3, 0.4) is 0 Å². The van der Waals surface area contributed by atoms with Crippen LogP contribution in [0.5, 0.6) is 0 Å². The van der Waals surface area contributed by atoms with Crippen LogP contribution in [0.4, 0.5) is 11.5 Å². The molecular weight excluding hydrogens is 347 g/mol. The molecule has 0 bridgehead atoms. The first-order valence-corrected chi connectivity index (χ1v) is 8.73. The molecular formula is C17H18Cl2N4O. The first-order chi connectivity index (χ1) is 11.6. The van der Waals surface area contributed by atoms with Gasteiger partial charge in [0.15, 0.2) is 0 Å². The largest absolute Gasteiger partial charge is 0.357 e. The van der Waals surface area contributed by atoms with E-state index < -0.39 is 0 Å². The van der Waals surface area contributed by atoms with Crippen LogP contribution in [0, 0.1) is 0 Å². The molecule has 0 atom stereocenters. The van der Waals surface area contributed by atoms with E-state index in [4.69, 9.17) is 23.2 Å². The molecule has 0 unspecified atom stereocenters. The van der Waals surface area contributed by atoms with Gasteiger partial charge >= 0.3 is 0 Å². The van der Waals surface area contributed by atoms with Gasteiger partial charge in [0.2, 0.25) is 0 Å². The van der Waals surface area contributed by atoms with E-state index in [2.05, 4.69) is 20.2 Å². The zero-order valence-electron chi connectivity index (χ0n) is 13.1. The van der Waals surface area contributed by atoms with Crippen molar-refractivity contribution in [3.8, 4) is 0 Å². The summed E-state index contributed by atoms with van der Waals surface area (Å²) in [5, 5.41) is 3.45. The molecule has 5 nitrogen and oxygen atoms in total. The summed E-state index contributed by atoms with van der Waals surface area (Å²) in [5.74, 6) is 0.451. The van der Waals surface area contributed by atoms with E-state index in [1.807, 2.05) is 0 Å². The molecule has 0 saturated carbocycles. The second-order valence-electron chi connectivity index (χ2n) is 5.72. The van der Waals surface area contributed by atoms with Crippen molar-refractivity contribution in [1.29, 1.82) is 0 Å². The average Bonchev–Trinajstić information content (AvgIpc) is 2.88. The second-order valence-corrected chi connectivity index (χ2v) is 6.50. The number of rotatable bonds is 3. The van der Waals surface area contributed by atoms with Crippen molar-refractivity contribution in [3.05, 3.63) is 46.3 Å². The lowest BCUT2D eigenvalue weighted by Crippen LogP contribution is -2.25. The summed E-state index contributed by atoms with van der Waals surface area (Å²) in [5.41, 5.74) is 0.768. The highest BCUT2D eigenvalue weighted by molar-refractivity contribution is 6.44. The summed E-state index contributed by atoms with van der Waals surface area (Å²) in [6.45, 7) is 1.91. The van der Waals surface area contributed by atoms with E-state index in [0.29, 0.717) is 21.4 Å². The van der Waals surface area contributed by atoms with Gasteiger partial charge in [0, 0.05) is 19.2 Å². The minimum Gasteiger partial charge on any atom is -0.357 e. The number of benzene rings is 1. The fourth-order valence-electron chi connectivity index (χ4n) is 2.73. The number of carbonyl (C=O) groups excluding carboxylic acids is 1. The average molecular weight is 365 g/mol. The van der Waals surface area contributed by atoms with E-state index >= 15 is 0 Å². The van der Waals surface area contributed by atoms with Gasteiger partial charge in [0.25, 0.3) is 5.91 Å². The second kappa shape index (κ2) is 7.81. The Bertz CT molecular complexity index is 730. The highest BCUT2D eigenvalue weighted by Crippen LogP contribution is 2.29. The van der Waals surface area contributed by atoms with Gasteiger partial charge < -0.3 is 10.2 Å². The van der Waals surface area contributed by atoms with Crippen LogP contribution >= 0.6 is 23.2 Å². The van der Waals surface area contributed by atoms with Crippen LogP contribution < -0.4 is 10.2 Å². The Hall–Kier alpha value is -1.85. The van der Waals surface area contributed by atoms with Gasteiger partial charge in [-0.25, -0.2) is 9.97 Å². The molecule has 1 fully saturated rings. The van der Waals surface area contributed by atoms with Gasteiger partial charge in [0.1, 0.15) is 17.8 Å². The van der Waals surface area contributed by atoms with Crippen LogP contribution in [-0.4, -0.2) is 29.0 Å². The Balaban J connectivity index is 1.77. The molecule has 3 rings (SSSR count). The van der Waals surface area contributed by atoms with E-state index in [9.17, 15) is 4.79 Å². The molecule has 1 aromatic heterocycles. The van der Waals surface area contributed by atoms with Crippen LogP contribution in [0.2, 0.25) is 10.0 Å². The number of hydrogen-bond acceptors (Lipinski definition) is 4. The summed E-state index contributed by atoms with van der Waals surface area (Å²) >= 11 is 12.1. The molecule has 1 aliphatic rings. The van der Waals surface area contributed by atoms with Crippen LogP contribution in [0.15, 0.2) is 30.6 Å². The van der Waals surface area contributed by atoms with E-state index in [-0.39, 0.29) is 5.91 Å². The third kappa shape index (κ3) is 3.97. The highest BCUT2D eigenvalue weighted by atomic mass is 35.5. The third-order valence-corrected chi connectivity index (χ3v) is 4.83. The molecule has 1 aliphatic heterocycles. The van der Waals surface area contributed by atoms with E-state index in [0.717, 1.165) is 31.7 Å². The lowest BCUT2D eigenvalue weighted by molar-refractivity contribution is 0.102. The topological polar surface area (TPSA) is 58.1 Å². The summed E-state index contributed by atoms with van der Waals surface area (Å²) < 4.78 is 0. The minimum atomic E-state index is -0.336. The van der Waals surface area contributed by atoms with E-state index in [1.165, 1.54) is 19.2 Å². The minimum absolute atomic E-state index is 0.306. The molecule has 7 heteroatoms. The molecule has 2 heterocycles. The summed E-state index contributed by atoms with van der Waals surface area (Å²) in [6, 6.07) is 6.82. The number of amides is 1. The van der Waals surface area contributed by atoms with Crippen LogP contribution in [-0.2, 0) is 0 Å². The molecule has 1 saturated heterocycles. The monoisotopic (exact) mass is 364 g/mol. The van der Waals surface area contributed by atoms with Crippen molar-refractivity contribution >= 4 is 40.6 Å². The lowest BCUT2D eigenvalue weighted by atomic mass is 10.2. The number of halogens is 2. The Morgan fingerprint density at radius 3 is 2.58 bits per heavy atom. The van der Waals surface area contributed by atoms with Crippen molar-refractivity contribution in [2.24, 2.45) is 0 Å². The zero-order valence-corrected chi connectivity index (χ0v) is 14.6. The summed E-state index contributed by atoms with van der Waals surface area (Å²) in [4.78, 5) is 23.1. The first kappa shape index (κ1) is 17.0. The predicted octanol–water partition coefficient (Wildman–Crippen LogP) is 4.42. The molecule has 1 amide bonds. The SMILES string of the molecule is O=C(Nc1cccc(Cl)c1Cl)c1cc(N2CCCCCC2)ncn1. The maximum atomic E-state index is 12.5. The molecule has 0 spiro atoms. The van der Waals surface area contributed by atoms with Crippen molar-refractivity contribution in [1.82, 2.24) is 9.97 Å². The standard InChI is InChI=1S/C17H18Cl2N4O/c18-12-6-5-7-13(16(12)19)22-17(24)14-10-15(21-11-20-14)23-8-3-1-2-4-9-23/h5-7,10-11H,1-4,8-9H2,(H,22,24). The van der Waals surface area contributed by atoms with Crippen molar-refractivity contribution < 1.29 is 4.79 Å². The fraction of sp³-hybridized carbons (Fsp3) is 0.353. The number of nitrogens with zero attached hydrogens (tertiary/aromatic N) is 3. The van der Waals surface area contributed by atoms with Gasteiger partial charge in [0.05, 0.1) is 15.7 Å². The van der Waals surface area contributed by atoms with Gasteiger partial charge in [-0.3, -0.25) is 4.79 Å². The number of carbonyl (C=O) groups is 1. The first-order valence-electron chi connectivity index (χ1n) is 7.97. The van der Waals surface area contributed by atoms with Gasteiger partial charge in [-0.15, -0.1) is 0 Å². The quantitative estimate of drug-likeness (QED) is 0.875. The summed E-state index contributed by atoms with van der Waals surface area (Å²) in [6.07, 6.45) is 6.19. The Morgan fingerprint density at radius 2 is 1.83 bits per heavy atom. The highest BCUT2D eigenvalue weighted by Gasteiger charge is 2.16. The molecule has 0 aliphatic carbocycles. The molecule has 2 aromatic rings. The Labute approximate surface area is 151 Å². The molecule has 1 N–H and O–H groups in total. The molecule has 0 radical (unpaired) electrons. The van der Waals surface area contributed by atoms with E-state index in [1.54, 1.807) is 24.3 Å². The Kier molecular flexibility index (Phi) is 5.53. The fourth-order valence-corrected chi connectivity index (χ4v) is 3.08. The van der Waals surface area contributed by atoms with Crippen LogP contribution in [0.1, 0.15) is 36.2 Å². The normalized spacial score (nSPS) is 15.0. The number of nitrogens with one attached hydrogen (secondary N) is 1. The van der Waals surface area contributed by atoms with Gasteiger partial charge in [-0.05, 0) is 25.0 Å². The smallest absolute Gasteiger partial charge is 0.274 e. The molecule has 24 heavy (non-hydrogen) atoms. The maximum absolute atomic E-state index is 12.5. The molecule has 126 valence electrons. The van der Waals surface area contributed by atoms with Crippen molar-refractivity contribution in [2.75, 3.05) is 23.3 Å². The predicted molar refractivity (Wildman–Crippen MR) is 97.1 cm³/mol. The van der Waals surface area contributed by atoms with Crippen molar-refractivity contribution in [3.63, 3.8) is 0 Å². The number of anilines is 2. The third-order valence-electron chi connectivity index (χ3n) is 4.02. The maximum Gasteiger partial charge on any atom is 0.274 e. The number of hydrogen-bond donors (Lipinski definition) is 1. The van der Waals surface area contributed by atoms with Crippen LogP contribution in [0.25, 0.3) is 0 Å². The number of aromatic nitrogens is 2. The van der Waals surface area contributed by atoms with Gasteiger partial charge in [-0.2, -0.15) is 0 Å². The summed E-state index contributed by atoms with van der Waals surface area (Å²) in [7, 11) is 0. The molecule has 1 aromatic carbocycles. The van der Waals surface area contributed by atoms with Gasteiger partial charge in [-0.1, -0.05) is 42.1 Å². The zero-order chi connectivity index (χ0) is 16.9. The Morgan fingerprint density at radius 1 is 1.08 bits per heavy atom.